The average Bonchev–Trinajstić information content (AvgIpc) is 3.34. The molecule has 1 amide bonds. The van der Waals surface area contributed by atoms with Gasteiger partial charge in [0, 0.05) is 63.9 Å². The average molecular weight is 326 g/mol. The van der Waals surface area contributed by atoms with Gasteiger partial charge in [-0.05, 0) is 18.6 Å². The molecule has 1 atom stereocenters. The predicted molar refractivity (Wildman–Crippen MR) is 90.1 cm³/mol. The second kappa shape index (κ2) is 6.70. The number of nitrogens with one attached hydrogen (secondary N) is 1. The molecule has 0 saturated carbocycles. The highest BCUT2D eigenvalue weighted by Gasteiger charge is 2.31. The molecular weight excluding hydrogens is 304 g/mol. The standard InChI is InChI=1S/C17H22N6O/c24-17(14-1-2-16(20-11-14)23-10-6-19-13-23)22-7-3-15(12-22)21-8-4-18-5-9-21/h1-2,6,10-11,13,15,18H,3-5,7-9,12H2. The molecule has 1 unspecified atom stereocenters. The van der Waals surface area contributed by atoms with Gasteiger partial charge in [0.05, 0.1) is 5.56 Å². The third kappa shape index (κ3) is 3.05. The van der Waals surface area contributed by atoms with Crippen LogP contribution in [0.4, 0.5) is 0 Å². The highest BCUT2D eigenvalue weighted by atomic mass is 16.2. The van der Waals surface area contributed by atoms with Crippen LogP contribution >= 0.6 is 0 Å². The van der Waals surface area contributed by atoms with Crippen molar-refractivity contribution >= 4 is 5.91 Å². The zero-order valence-electron chi connectivity index (χ0n) is 13.6. The monoisotopic (exact) mass is 326 g/mol. The Labute approximate surface area is 141 Å². The van der Waals surface area contributed by atoms with E-state index in [9.17, 15) is 4.79 Å². The van der Waals surface area contributed by atoms with Gasteiger partial charge in [-0.3, -0.25) is 14.3 Å². The summed E-state index contributed by atoms with van der Waals surface area (Å²) in [5, 5.41) is 3.38. The first-order chi connectivity index (χ1) is 11.8. The van der Waals surface area contributed by atoms with Crippen molar-refractivity contribution in [1.29, 1.82) is 0 Å². The van der Waals surface area contributed by atoms with Crippen LogP contribution in [-0.4, -0.2) is 75.6 Å². The third-order valence-corrected chi connectivity index (χ3v) is 4.88. The zero-order valence-corrected chi connectivity index (χ0v) is 13.6. The van der Waals surface area contributed by atoms with Crippen LogP contribution in [0.2, 0.25) is 0 Å². The van der Waals surface area contributed by atoms with E-state index in [1.165, 1.54) is 0 Å². The van der Waals surface area contributed by atoms with Gasteiger partial charge in [0.25, 0.3) is 5.91 Å². The minimum Gasteiger partial charge on any atom is -0.337 e. The van der Waals surface area contributed by atoms with Crippen molar-refractivity contribution in [3.05, 3.63) is 42.6 Å². The van der Waals surface area contributed by atoms with Crippen molar-refractivity contribution in [2.75, 3.05) is 39.3 Å². The molecule has 0 bridgehead atoms. The maximum absolute atomic E-state index is 12.7. The molecule has 7 nitrogen and oxygen atoms in total. The van der Waals surface area contributed by atoms with Crippen LogP contribution in [-0.2, 0) is 0 Å². The lowest BCUT2D eigenvalue weighted by atomic mass is 10.2. The highest BCUT2D eigenvalue weighted by Crippen LogP contribution is 2.18. The lowest BCUT2D eigenvalue weighted by Crippen LogP contribution is -2.49. The van der Waals surface area contributed by atoms with Gasteiger partial charge in [0.2, 0.25) is 0 Å². The molecule has 0 radical (unpaired) electrons. The summed E-state index contributed by atoms with van der Waals surface area (Å²) in [5.74, 6) is 0.849. The van der Waals surface area contributed by atoms with Crippen molar-refractivity contribution in [1.82, 2.24) is 29.7 Å². The number of nitrogens with zero attached hydrogens (tertiary/aromatic N) is 5. The normalized spacial score (nSPS) is 22.0. The number of amides is 1. The van der Waals surface area contributed by atoms with Crippen LogP contribution in [0.3, 0.4) is 0 Å². The Bertz CT molecular complexity index is 678. The molecule has 2 aliphatic heterocycles. The van der Waals surface area contributed by atoms with Crippen molar-refractivity contribution in [3.63, 3.8) is 0 Å². The SMILES string of the molecule is O=C(c1ccc(-n2ccnc2)nc1)N1CCC(N2CCNCC2)C1. The number of carbonyl (C=O) groups is 1. The topological polar surface area (TPSA) is 66.3 Å². The minimum absolute atomic E-state index is 0.0808. The lowest BCUT2D eigenvalue weighted by molar-refractivity contribution is 0.0773. The minimum atomic E-state index is 0.0808. The largest absolute Gasteiger partial charge is 0.337 e. The molecule has 0 aromatic carbocycles. The van der Waals surface area contributed by atoms with E-state index in [2.05, 4.69) is 20.2 Å². The molecule has 2 aromatic rings. The Morgan fingerprint density at radius 2 is 2.08 bits per heavy atom. The Morgan fingerprint density at radius 3 is 2.79 bits per heavy atom. The van der Waals surface area contributed by atoms with Crippen LogP contribution in [0.5, 0.6) is 0 Å². The molecule has 2 aromatic heterocycles. The number of hydrogen-bond donors (Lipinski definition) is 1. The van der Waals surface area contributed by atoms with Crippen LogP contribution in [0.25, 0.3) is 5.82 Å². The Hall–Kier alpha value is -2.25. The molecule has 7 heteroatoms. The molecule has 2 saturated heterocycles. The Balaban J connectivity index is 1.40. The number of piperazine rings is 1. The molecule has 2 aliphatic rings. The first kappa shape index (κ1) is 15.3. The van der Waals surface area contributed by atoms with E-state index in [1.807, 2.05) is 27.8 Å². The smallest absolute Gasteiger partial charge is 0.255 e. The molecule has 2 fully saturated rings. The summed E-state index contributed by atoms with van der Waals surface area (Å²) < 4.78 is 1.82. The first-order valence-corrected chi connectivity index (χ1v) is 8.50. The van der Waals surface area contributed by atoms with E-state index in [0.29, 0.717) is 11.6 Å². The second-order valence-corrected chi connectivity index (χ2v) is 6.35. The number of hydrogen-bond acceptors (Lipinski definition) is 5. The fraction of sp³-hybridized carbons (Fsp3) is 0.471. The van der Waals surface area contributed by atoms with Crippen LogP contribution in [0, 0.1) is 0 Å². The fourth-order valence-corrected chi connectivity index (χ4v) is 3.51. The van der Waals surface area contributed by atoms with Crippen molar-refractivity contribution in [2.45, 2.75) is 12.5 Å². The molecule has 1 N–H and O–H groups in total. The number of carbonyl (C=O) groups excluding carboxylic acids is 1. The molecule has 4 heterocycles. The van der Waals surface area contributed by atoms with Gasteiger partial charge in [-0.2, -0.15) is 0 Å². The molecule has 4 rings (SSSR count). The number of pyridine rings is 1. The maximum Gasteiger partial charge on any atom is 0.255 e. The summed E-state index contributed by atoms with van der Waals surface area (Å²) >= 11 is 0. The molecule has 24 heavy (non-hydrogen) atoms. The van der Waals surface area contributed by atoms with E-state index in [-0.39, 0.29) is 5.91 Å². The van der Waals surface area contributed by atoms with Crippen molar-refractivity contribution in [2.24, 2.45) is 0 Å². The molecule has 126 valence electrons. The highest BCUT2D eigenvalue weighted by molar-refractivity contribution is 5.94. The summed E-state index contributed by atoms with van der Waals surface area (Å²) in [4.78, 5) is 25.6. The van der Waals surface area contributed by atoms with Crippen LogP contribution in [0.1, 0.15) is 16.8 Å². The number of rotatable bonds is 3. The molecule has 0 aliphatic carbocycles. The summed E-state index contributed by atoms with van der Waals surface area (Å²) in [6.45, 7) is 5.90. The maximum atomic E-state index is 12.7. The van der Waals surface area contributed by atoms with Crippen molar-refractivity contribution in [3.8, 4) is 5.82 Å². The summed E-state index contributed by atoms with van der Waals surface area (Å²) in [6, 6.07) is 4.20. The Morgan fingerprint density at radius 1 is 1.21 bits per heavy atom. The van der Waals surface area contributed by atoms with Gasteiger partial charge in [-0.1, -0.05) is 0 Å². The fourth-order valence-electron chi connectivity index (χ4n) is 3.51. The second-order valence-electron chi connectivity index (χ2n) is 6.35. The van der Waals surface area contributed by atoms with Gasteiger partial charge in [0.15, 0.2) is 0 Å². The van der Waals surface area contributed by atoms with Gasteiger partial charge in [-0.15, -0.1) is 0 Å². The summed E-state index contributed by atoms with van der Waals surface area (Å²) in [7, 11) is 0. The van der Waals surface area contributed by atoms with Gasteiger partial charge in [-0.25, -0.2) is 9.97 Å². The van der Waals surface area contributed by atoms with E-state index in [4.69, 9.17) is 0 Å². The molecular formula is C17H22N6O. The third-order valence-electron chi connectivity index (χ3n) is 4.88. The number of likely N-dealkylation sites (tertiary alicyclic amines) is 1. The van der Waals surface area contributed by atoms with E-state index < -0.39 is 0 Å². The quantitative estimate of drug-likeness (QED) is 0.884. The Kier molecular flexibility index (Phi) is 4.27. The number of aromatic nitrogens is 3. The lowest BCUT2D eigenvalue weighted by Gasteiger charge is -2.32. The summed E-state index contributed by atoms with van der Waals surface area (Å²) in [5.41, 5.74) is 0.653. The van der Waals surface area contributed by atoms with Crippen LogP contribution < -0.4 is 5.32 Å². The van der Waals surface area contributed by atoms with Gasteiger partial charge in [0.1, 0.15) is 12.1 Å². The first-order valence-electron chi connectivity index (χ1n) is 8.50. The van der Waals surface area contributed by atoms with E-state index in [0.717, 1.165) is 51.5 Å². The van der Waals surface area contributed by atoms with Gasteiger partial charge >= 0.3 is 0 Å². The van der Waals surface area contributed by atoms with Crippen LogP contribution in [0.15, 0.2) is 37.1 Å². The predicted octanol–water partition coefficient (Wildman–Crippen LogP) is 0.387. The van der Waals surface area contributed by atoms with E-state index >= 15 is 0 Å². The van der Waals surface area contributed by atoms with Crippen molar-refractivity contribution < 1.29 is 4.79 Å². The van der Waals surface area contributed by atoms with E-state index in [1.54, 1.807) is 18.7 Å². The number of imidazole rings is 1. The van der Waals surface area contributed by atoms with Gasteiger partial charge < -0.3 is 10.2 Å². The zero-order chi connectivity index (χ0) is 16.4. The molecule has 0 spiro atoms. The summed E-state index contributed by atoms with van der Waals surface area (Å²) in [6.07, 6.45) is 7.97.